The molecule has 0 saturated carbocycles. The Morgan fingerprint density at radius 3 is 2.85 bits per heavy atom. The molecule has 0 radical (unpaired) electrons. The van der Waals surface area contributed by atoms with Crippen LogP contribution in [0, 0.1) is 13.8 Å². The van der Waals surface area contributed by atoms with Crippen molar-refractivity contribution < 1.29 is 9.15 Å². The van der Waals surface area contributed by atoms with Crippen molar-refractivity contribution in [3.05, 3.63) is 57.7 Å². The average molecular weight is 368 g/mol. The van der Waals surface area contributed by atoms with Gasteiger partial charge in [-0.3, -0.25) is 4.40 Å². The number of fused-ring (bicyclic) bond motifs is 2. The molecule has 0 amide bonds. The van der Waals surface area contributed by atoms with E-state index in [1.54, 1.807) is 13.2 Å². The van der Waals surface area contributed by atoms with Gasteiger partial charge in [-0.25, -0.2) is 9.78 Å². The Balaban J connectivity index is 1.71. The van der Waals surface area contributed by atoms with Gasteiger partial charge in [0.2, 0.25) is 0 Å². The molecule has 26 heavy (non-hydrogen) atoms. The standard InChI is InChI=1S/C18H16N4O3S/c1-10-6-11(2)22-17(19-10)20-21-18(22)26-9-12-7-16(23)25-15-8-13(24-3)4-5-14(12)15/h4-8H,9H2,1-3H3. The first kappa shape index (κ1) is 16.6. The lowest BCUT2D eigenvalue weighted by Gasteiger charge is -2.07. The molecule has 0 N–H and O–H groups in total. The highest BCUT2D eigenvalue weighted by Crippen LogP contribution is 2.28. The van der Waals surface area contributed by atoms with Gasteiger partial charge >= 0.3 is 5.63 Å². The number of ether oxygens (including phenoxy) is 1. The molecule has 4 aromatic rings. The second-order valence-corrected chi connectivity index (χ2v) is 6.84. The topological polar surface area (TPSA) is 82.5 Å². The number of hydrogen-bond donors (Lipinski definition) is 0. The van der Waals surface area contributed by atoms with Gasteiger partial charge in [-0.2, -0.15) is 0 Å². The van der Waals surface area contributed by atoms with Crippen molar-refractivity contribution in [2.45, 2.75) is 24.8 Å². The molecular weight excluding hydrogens is 352 g/mol. The van der Waals surface area contributed by atoms with Crippen LogP contribution in [0.5, 0.6) is 5.75 Å². The maximum absolute atomic E-state index is 11.9. The van der Waals surface area contributed by atoms with Crippen LogP contribution in [0.4, 0.5) is 0 Å². The molecule has 8 heteroatoms. The summed E-state index contributed by atoms with van der Waals surface area (Å²) in [6, 6.07) is 8.96. The summed E-state index contributed by atoms with van der Waals surface area (Å²) in [6.45, 7) is 3.92. The van der Waals surface area contributed by atoms with Gasteiger partial charge in [0.05, 0.1) is 7.11 Å². The largest absolute Gasteiger partial charge is 0.497 e. The third-order valence-corrected chi connectivity index (χ3v) is 5.04. The molecule has 0 saturated heterocycles. The Morgan fingerprint density at radius 2 is 2.04 bits per heavy atom. The minimum absolute atomic E-state index is 0.388. The first-order valence-electron chi connectivity index (χ1n) is 7.98. The van der Waals surface area contributed by atoms with Crippen LogP contribution in [0.25, 0.3) is 16.7 Å². The summed E-state index contributed by atoms with van der Waals surface area (Å²) in [5.74, 6) is 1.78. The van der Waals surface area contributed by atoms with E-state index < -0.39 is 0 Å². The molecule has 0 bridgehead atoms. The van der Waals surface area contributed by atoms with E-state index in [1.807, 2.05) is 36.4 Å². The monoisotopic (exact) mass is 368 g/mol. The van der Waals surface area contributed by atoms with Crippen LogP contribution in [0.15, 0.2) is 44.7 Å². The molecule has 0 aliphatic carbocycles. The molecule has 0 aliphatic rings. The SMILES string of the molecule is COc1ccc2c(CSc3nnc4nc(C)cc(C)n34)cc(=O)oc2c1. The predicted octanol–water partition coefficient (Wildman–Crippen LogP) is 3.15. The Labute approximate surface area is 153 Å². The van der Waals surface area contributed by atoms with Gasteiger partial charge in [-0.05, 0) is 37.6 Å². The van der Waals surface area contributed by atoms with Gasteiger partial charge in [0.1, 0.15) is 11.3 Å². The highest BCUT2D eigenvalue weighted by atomic mass is 32.2. The predicted molar refractivity (Wildman–Crippen MR) is 98.9 cm³/mol. The smallest absolute Gasteiger partial charge is 0.336 e. The molecule has 132 valence electrons. The van der Waals surface area contributed by atoms with E-state index >= 15 is 0 Å². The second kappa shape index (κ2) is 6.45. The first-order valence-corrected chi connectivity index (χ1v) is 8.96. The summed E-state index contributed by atoms with van der Waals surface area (Å²) in [6.07, 6.45) is 0. The molecule has 4 rings (SSSR count). The molecule has 0 spiro atoms. The van der Waals surface area contributed by atoms with Crippen molar-refractivity contribution in [3.8, 4) is 5.75 Å². The van der Waals surface area contributed by atoms with Crippen molar-refractivity contribution in [2.24, 2.45) is 0 Å². The van der Waals surface area contributed by atoms with Gasteiger partial charge in [0.15, 0.2) is 5.16 Å². The summed E-state index contributed by atoms with van der Waals surface area (Å²) < 4.78 is 12.4. The quantitative estimate of drug-likeness (QED) is 0.404. The number of rotatable bonds is 4. The van der Waals surface area contributed by atoms with Crippen molar-refractivity contribution >= 4 is 28.5 Å². The zero-order valence-electron chi connectivity index (χ0n) is 14.5. The van der Waals surface area contributed by atoms with E-state index in [9.17, 15) is 4.79 Å². The van der Waals surface area contributed by atoms with Crippen molar-refractivity contribution in [1.29, 1.82) is 0 Å². The van der Waals surface area contributed by atoms with Gasteiger partial charge in [0, 0.05) is 34.7 Å². The van der Waals surface area contributed by atoms with Crippen molar-refractivity contribution in [3.63, 3.8) is 0 Å². The Morgan fingerprint density at radius 1 is 1.19 bits per heavy atom. The lowest BCUT2D eigenvalue weighted by Crippen LogP contribution is -2.01. The van der Waals surface area contributed by atoms with Gasteiger partial charge in [-0.1, -0.05) is 11.8 Å². The van der Waals surface area contributed by atoms with Gasteiger partial charge in [-0.15, -0.1) is 10.2 Å². The Bertz CT molecular complexity index is 1180. The van der Waals surface area contributed by atoms with Crippen LogP contribution in [0.3, 0.4) is 0 Å². The highest BCUT2D eigenvalue weighted by molar-refractivity contribution is 7.98. The number of aryl methyl sites for hydroxylation is 2. The van der Waals surface area contributed by atoms with Crippen molar-refractivity contribution in [1.82, 2.24) is 19.6 Å². The Kier molecular flexibility index (Phi) is 4.12. The summed E-state index contributed by atoms with van der Waals surface area (Å²) >= 11 is 1.50. The fourth-order valence-electron chi connectivity index (χ4n) is 2.89. The molecule has 3 heterocycles. The molecule has 3 aromatic heterocycles. The number of nitrogens with zero attached hydrogens (tertiary/aromatic N) is 4. The van der Waals surface area contributed by atoms with E-state index in [4.69, 9.17) is 9.15 Å². The van der Waals surface area contributed by atoms with Gasteiger partial charge in [0.25, 0.3) is 5.78 Å². The fourth-order valence-corrected chi connectivity index (χ4v) is 3.87. The van der Waals surface area contributed by atoms with Crippen LogP contribution >= 0.6 is 11.8 Å². The van der Waals surface area contributed by atoms with E-state index in [-0.39, 0.29) is 5.63 Å². The molecular formula is C18H16N4O3S. The van der Waals surface area contributed by atoms with E-state index in [0.717, 1.165) is 27.5 Å². The molecule has 1 aromatic carbocycles. The zero-order chi connectivity index (χ0) is 18.3. The number of benzene rings is 1. The number of thioether (sulfide) groups is 1. The van der Waals surface area contributed by atoms with E-state index in [1.165, 1.54) is 17.8 Å². The minimum Gasteiger partial charge on any atom is -0.497 e. The van der Waals surface area contributed by atoms with Crippen LogP contribution in [-0.2, 0) is 5.75 Å². The third kappa shape index (κ3) is 2.92. The van der Waals surface area contributed by atoms with Crippen LogP contribution in [-0.4, -0.2) is 26.7 Å². The lowest BCUT2D eigenvalue weighted by atomic mass is 10.1. The Hall–Kier alpha value is -2.87. The summed E-state index contributed by atoms with van der Waals surface area (Å²) in [4.78, 5) is 16.3. The molecule has 7 nitrogen and oxygen atoms in total. The maximum atomic E-state index is 11.9. The summed E-state index contributed by atoms with van der Waals surface area (Å²) in [5.41, 5.74) is 2.91. The maximum Gasteiger partial charge on any atom is 0.336 e. The van der Waals surface area contributed by atoms with Crippen LogP contribution in [0.1, 0.15) is 17.0 Å². The molecule has 0 fully saturated rings. The molecule has 0 atom stereocenters. The number of aromatic nitrogens is 4. The molecule has 0 unspecified atom stereocenters. The van der Waals surface area contributed by atoms with E-state index in [2.05, 4.69) is 15.2 Å². The normalized spacial score (nSPS) is 11.3. The second-order valence-electron chi connectivity index (χ2n) is 5.90. The number of hydrogen-bond acceptors (Lipinski definition) is 7. The summed E-state index contributed by atoms with van der Waals surface area (Å²) in [5, 5.41) is 9.98. The highest BCUT2D eigenvalue weighted by Gasteiger charge is 2.13. The average Bonchev–Trinajstić information content (AvgIpc) is 3.02. The van der Waals surface area contributed by atoms with Crippen molar-refractivity contribution in [2.75, 3.05) is 7.11 Å². The lowest BCUT2D eigenvalue weighted by molar-refractivity contribution is 0.414. The number of methoxy groups -OCH3 is 1. The molecule has 0 aliphatic heterocycles. The van der Waals surface area contributed by atoms with Gasteiger partial charge < -0.3 is 9.15 Å². The minimum atomic E-state index is -0.388. The first-order chi connectivity index (χ1) is 12.5. The summed E-state index contributed by atoms with van der Waals surface area (Å²) in [7, 11) is 1.58. The van der Waals surface area contributed by atoms with Crippen LogP contribution in [0.2, 0.25) is 0 Å². The van der Waals surface area contributed by atoms with Crippen LogP contribution < -0.4 is 10.4 Å². The van der Waals surface area contributed by atoms with E-state index in [0.29, 0.717) is 22.9 Å². The third-order valence-electron chi connectivity index (χ3n) is 4.06. The fraction of sp³-hybridized carbons (Fsp3) is 0.222. The zero-order valence-corrected chi connectivity index (χ0v) is 15.3.